The Hall–Kier alpha value is -0.930. The largest absolute Gasteiger partial charge is 0.393 e. The summed E-state index contributed by atoms with van der Waals surface area (Å²) >= 11 is 0. The van der Waals surface area contributed by atoms with Gasteiger partial charge in [0.15, 0.2) is 0 Å². The fraction of sp³-hybridized carbons (Fsp3) is 0.722. The van der Waals surface area contributed by atoms with Gasteiger partial charge in [0.25, 0.3) is 0 Å². The van der Waals surface area contributed by atoms with Crippen LogP contribution in [0.15, 0.2) is 24.5 Å². The van der Waals surface area contributed by atoms with Crippen LogP contribution in [0.3, 0.4) is 0 Å². The molecule has 0 bridgehead atoms. The van der Waals surface area contributed by atoms with Gasteiger partial charge in [-0.25, -0.2) is 0 Å². The van der Waals surface area contributed by atoms with Gasteiger partial charge in [-0.2, -0.15) is 0 Å². The Morgan fingerprint density at radius 2 is 2.00 bits per heavy atom. The van der Waals surface area contributed by atoms with Crippen LogP contribution in [0.25, 0.3) is 0 Å². The first-order valence-corrected chi connectivity index (χ1v) is 8.48. The average Bonchev–Trinajstić information content (AvgIpc) is 2.54. The molecule has 2 atom stereocenters. The van der Waals surface area contributed by atoms with Crippen LogP contribution in [-0.4, -0.2) is 28.4 Å². The summed E-state index contributed by atoms with van der Waals surface area (Å²) in [6.07, 6.45) is 13.6. The molecule has 1 saturated heterocycles. The molecule has 3 nitrogen and oxygen atoms in total. The first-order valence-electron chi connectivity index (χ1n) is 8.48. The van der Waals surface area contributed by atoms with Crippen molar-refractivity contribution in [2.24, 2.45) is 5.92 Å². The van der Waals surface area contributed by atoms with E-state index in [0.29, 0.717) is 5.92 Å². The second-order valence-corrected chi connectivity index (χ2v) is 6.81. The maximum atomic E-state index is 10.6. The maximum Gasteiger partial charge on any atom is 0.0686 e. The molecule has 1 aromatic heterocycles. The molecule has 1 aliphatic heterocycles. The van der Waals surface area contributed by atoms with Crippen molar-refractivity contribution in [1.29, 1.82) is 0 Å². The monoisotopic (exact) mass is 289 g/mol. The lowest BCUT2D eigenvalue weighted by atomic mass is 9.74. The highest BCUT2D eigenvalue weighted by atomic mass is 16.5. The molecule has 2 fully saturated rings. The Morgan fingerprint density at radius 3 is 2.76 bits per heavy atom. The van der Waals surface area contributed by atoms with Gasteiger partial charge >= 0.3 is 0 Å². The van der Waals surface area contributed by atoms with Gasteiger partial charge in [0, 0.05) is 19.0 Å². The van der Waals surface area contributed by atoms with Crippen molar-refractivity contribution < 1.29 is 9.84 Å². The van der Waals surface area contributed by atoms with Crippen LogP contribution >= 0.6 is 0 Å². The Balaban J connectivity index is 1.53. The highest BCUT2D eigenvalue weighted by Crippen LogP contribution is 2.42. The predicted molar refractivity (Wildman–Crippen MR) is 83.1 cm³/mol. The minimum atomic E-state index is -0.194. The average molecular weight is 289 g/mol. The predicted octanol–water partition coefficient (Wildman–Crippen LogP) is 3.50. The van der Waals surface area contributed by atoms with Crippen LogP contribution in [0.4, 0.5) is 0 Å². The Morgan fingerprint density at radius 1 is 1.24 bits per heavy atom. The van der Waals surface area contributed by atoms with Crippen LogP contribution in [0.5, 0.6) is 0 Å². The van der Waals surface area contributed by atoms with Gasteiger partial charge in [0.1, 0.15) is 0 Å². The van der Waals surface area contributed by atoms with Crippen LogP contribution in [-0.2, 0) is 11.2 Å². The fourth-order valence-corrected chi connectivity index (χ4v) is 4.04. The van der Waals surface area contributed by atoms with Crippen LogP contribution in [0.1, 0.15) is 56.9 Å². The van der Waals surface area contributed by atoms with Gasteiger partial charge < -0.3 is 9.84 Å². The van der Waals surface area contributed by atoms with E-state index in [-0.39, 0.29) is 11.7 Å². The zero-order valence-electron chi connectivity index (χ0n) is 12.8. The normalized spacial score (nSPS) is 26.6. The topological polar surface area (TPSA) is 42.4 Å². The molecular weight excluding hydrogens is 262 g/mol. The van der Waals surface area contributed by atoms with E-state index in [0.717, 1.165) is 32.3 Å². The molecule has 1 spiro atoms. The van der Waals surface area contributed by atoms with Gasteiger partial charge in [-0.05, 0) is 62.1 Å². The molecule has 0 radical (unpaired) electrons. The number of aromatic nitrogens is 1. The molecule has 3 rings (SSSR count). The van der Waals surface area contributed by atoms with E-state index >= 15 is 0 Å². The van der Waals surface area contributed by atoms with Crippen LogP contribution in [0.2, 0.25) is 0 Å². The van der Waals surface area contributed by atoms with Crippen molar-refractivity contribution in [3.8, 4) is 0 Å². The van der Waals surface area contributed by atoms with Gasteiger partial charge in [-0.15, -0.1) is 0 Å². The Labute approximate surface area is 127 Å². The molecular formula is C18H27NO2. The zero-order chi connectivity index (χ0) is 14.5. The molecule has 1 aliphatic carbocycles. The van der Waals surface area contributed by atoms with Gasteiger partial charge in [0.05, 0.1) is 11.7 Å². The molecule has 2 heterocycles. The van der Waals surface area contributed by atoms with Crippen molar-refractivity contribution in [3.63, 3.8) is 0 Å². The molecule has 21 heavy (non-hydrogen) atoms. The summed E-state index contributed by atoms with van der Waals surface area (Å²) in [5.41, 5.74) is 1.36. The highest BCUT2D eigenvalue weighted by Gasteiger charge is 2.40. The summed E-state index contributed by atoms with van der Waals surface area (Å²) in [6.45, 7) is 0.830. The standard InChI is InChI=1S/C18H27NO2/c20-17(5-4-15-6-11-19-12-7-15)16-8-13-21-18(14-16)9-2-1-3-10-18/h6-7,11-12,16-17,20H,1-5,8-10,13-14H2. The van der Waals surface area contributed by atoms with E-state index in [1.807, 2.05) is 24.5 Å². The minimum absolute atomic E-state index is 0.0960. The van der Waals surface area contributed by atoms with Gasteiger partial charge in [-0.1, -0.05) is 19.3 Å². The number of aryl methyl sites for hydroxylation is 1. The number of pyridine rings is 1. The first-order chi connectivity index (χ1) is 10.3. The number of aliphatic hydroxyl groups excluding tert-OH is 1. The van der Waals surface area contributed by atoms with Crippen molar-refractivity contribution in [2.75, 3.05) is 6.61 Å². The van der Waals surface area contributed by atoms with E-state index in [1.54, 1.807) is 0 Å². The number of nitrogens with zero attached hydrogens (tertiary/aromatic N) is 1. The lowest BCUT2D eigenvalue weighted by molar-refractivity contribution is -0.134. The van der Waals surface area contributed by atoms with Gasteiger partial charge in [0.2, 0.25) is 0 Å². The van der Waals surface area contributed by atoms with Crippen LogP contribution in [0, 0.1) is 5.92 Å². The fourth-order valence-electron chi connectivity index (χ4n) is 4.04. The first kappa shape index (κ1) is 15.0. The second kappa shape index (κ2) is 6.89. The highest BCUT2D eigenvalue weighted by molar-refractivity contribution is 5.09. The zero-order valence-corrected chi connectivity index (χ0v) is 12.8. The molecule has 3 heteroatoms. The molecule has 1 saturated carbocycles. The van der Waals surface area contributed by atoms with E-state index in [2.05, 4.69) is 4.98 Å². The number of rotatable bonds is 4. The third kappa shape index (κ3) is 3.83. The molecule has 1 N–H and O–H groups in total. The molecule has 1 aromatic rings. The summed E-state index contributed by atoms with van der Waals surface area (Å²) in [5.74, 6) is 0.415. The van der Waals surface area contributed by atoms with Gasteiger partial charge in [-0.3, -0.25) is 4.98 Å². The molecule has 0 amide bonds. The molecule has 116 valence electrons. The lowest BCUT2D eigenvalue weighted by Crippen LogP contribution is -2.44. The summed E-state index contributed by atoms with van der Waals surface area (Å²) in [6, 6.07) is 4.08. The van der Waals surface area contributed by atoms with E-state index in [9.17, 15) is 5.11 Å². The number of hydrogen-bond donors (Lipinski definition) is 1. The van der Waals surface area contributed by atoms with Crippen molar-refractivity contribution in [3.05, 3.63) is 30.1 Å². The summed E-state index contributed by atoms with van der Waals surface area (Å²) in [4.78, 5) is 4.04. The molecule has 2 unspecified atom stereocenters. The Bertz CT molecular complexity index is 423. The van der Waals surface area contributed by atoms with E-state index in [1.165, 1.54) is 37.7 Å². The minimum Gasteiger partial charge on any atom is -0.393 e. The number of hydrogen-bond acceptors (Lipinski definition) is 3. The molecule has 0 aromatic carbocycles. The summed E-state index contributed by atoms with van der Waals surface area (Å²) < 4.78 is 6.13. The smallest absolute Gasteiger partial charge is 0.0686 e. The number of aliphatic hydroxyl groups is 1. The summed E-state index contributed by atoms with van der Waals surface area (Å²) in [5, 5.41) is 10.6. The van der Waals surface area contributed by atoms with E-state index in [4.69, 9.17) is 4.74 Å². The number of ether oxygens (including phenoxy) is 1. The molecule has 2 aliphatic rings. The van der Waals surface area contributed by atoms with Crippen LogP contribution < -0.4 is 0 Å². The SMILES string of the molecule is OC(CCc1ccncc1)C1CCOC2(CCCCC2)C1. The van der Waals surface area contributed by atoms with Crippen molar-refractivity contribution in [1.82, 2.24) is 4.98 Å². The van der Waals surface area contributed by atoms with Crippen molar-refractivity contribution >= 4 is 0 Å². The quantitative estimate of drug-likeness (QED) is 0.922. The third-order valence-electron chi connectivity index (χ3n) is 5.32. The maximum absolute atomic E-state index is 10.6. The summed E-state index contributed by atoms with van der Waals surface area (Å²) in [7, 11) is 0. The van der Waals surface area contributed by atoms with E-state index < -0.39 is 0 Å². The second-order valence-electron chi connectivity index (χ2n) is 6.81. The van der Waals surface area contributed by atoms with Crippen molar-refractivity contribution in [2.45, 2.75) is 69.5 Å². The lowest BCUT2D eigenvalue weighted by Gasteiger charge is -2.44. The Kier molecular flexibility index (Phi) is 4.91. The third-order valence-corrected chi connectivity index (χ3v) is 5.32.